The second-order valence-corrected chi connectivity index (χ2v) is 7.94. The predicted octanol–water partition coefficient (Wildman–Crippen LogP) is 4.03. The summed E-state index contributed by atoms with van der Waals surface area (Å²) in [4.78, 5) is 2.28. The van der Waals surface area contributed by atoms with E-state index in [0.717, 1.165) is 24.9 Å². The van der Waals surface area contributed by atoms with E-state index in [0.29, 0.717) is 41.6 Å². The van der Waals surface area contributed by atoms with Crippen molar-refractivity contribution in [3.63, 3.8) is 0 Å². The molecule has 4 rings (SSSR count). The van der Waals surface area contributed by atoms with Crippen molar-refractivity contribution in [2.75, 3.05) is 26.5 Å². The van der Waals surface area contributed by atoms with Gasteiger partial charge in [0.15, 0.2) is 11.5 Å². The van der Waals surface area contributed by atoms with E-state index < -0.39 is 0 Å². The van der Waals surface area contributed by atoms with Gasteiger partial charge in [0.05, 0.1) is 6.61 Å². The second-order valence-electron chi connectivity index (χ2n) is 7.54. The van der Waals surface area contributed by atoms with E-state index in [1.165, 1.54) is 6.07 Å². The Morgan fingerprint density at radius 1 is 1.15 bits per heavy atom. The Hall–Kier alpha value is -1.82. The Kier molecular flexibility index (Phi) is 5.26. The van der Waals surface area contributed by atoms with E-state index in [2.05, 4.69) is 4.90 Å². The molecule has 1 fully saturated rings. The van der Waals surface area contributed by atoms with Crippen LogP contribution in [0.3, 0.4) is 0 Å². The van der Waals surface area contributed by atoms with E-state index in [1.807, 2.05) is 12.1 Å². The lowest BCUT2D eigenvalue weighted by Gasteiger charge is -2.42. The molecule has 0 amide bonds. The van der Waals surface area contributed by atoms with Crippen LogP contribution in [0.25, 0.3) is 0 Å². The highest BCUT2D eigenvalue weighted by Crippen LogP contribution is 2.39. The first-order chi connectivity index (χ1) is 13.1. The third kappa shape index (κ3) is 3.91. The highest BCUT2D eigenvalue weighted by molar-refractivity contribution is 6.31. The first kappa shape index (κ1) is 18.5. The Balaban J connectivity index is 1.51. The third-order valence-corrected chi connectivity index (χ3v) is 5.89. The Labute approximate surface area is 163 Å². The molecular weight excluding hydrogens is 369 g/mol. The van der Waals surface area contributed by atoms with Gasteiger partial charge >= 0.3 is 0 Å². The van der Waals surface area contributed by atoms with Crippen LogP contribution in [0.15, 0.2) is 36.4 Å². The van der Waals surface area contributed by atoms with Crippen molar-refractivity contribution in [3.05, 3.63) is 58.4 Å². The van der Waals surface area contributed by atoms with E-state index in [9.17, 15) is 9.50 Å². The van der Waals surface area contributed by atoms with Crippen LogP contribution in [-0.4, -0.2) is 36.5 Å². The minimum atomic E-state index is -0.344. The summed E-state index contributed by atoms with van der Waals surface area (Å²) in [5.74, 6) is 1.18. The van der Waals surface area contributed by atoms with E-state index in [1.54, 1.807) is 18.2 Å². The van der Waals surface area contributed by atoms with Crippen LogP contribution < -0.4 is 9.47 Å². The molecule has 0 aromatic heterocycles. The van der Waals surface area contributed by atoms with Gasteiger partial charge in [0.1, 0.15) is 5.82 Å². The second kappa shape index (κ2) is 7.66. The number of piperidine rings is 1. The Bertz CT molecular complexity index is 831. The van der Waals surface area contributed by atoms with Gasteiger partial charge in [0.2, 0.25) is 6.79 Å². The number of aliphatic hydroxyl groups is 1. The Morgan fingerprint density at radius 3 is 2.70 bits per heavy atom. The SMILES string of the molecule is OC[C@@]1(Cc2ccccc2F)CCCN(Cc2cc3c(cc2Cl)OCO3)C1. The minimum Gasteiger partial charge on any atom is -0.454 e. The summed E-state index contributed by atoms with van der Waals surface area (Å²) in [6.45, 7) is 2.53. The van der Waals surface area contributed by atoms with Crippen molar-refractivity contribution in [1.29, 1.82) is 0 Å². The fourth-order valence-electron chi connectivity index (χ4n) is 4.14. The summed E-state index contributed by atoms with van der Waals surface area (Å²) in [6.07, 6.45) is 2.36. The fraction of sp³-hybridized carbons (Fsp3) is 0.429. The Morgan fingerprint density at radius 2 is 1.93 bits per heavy atom. The van der Waals surface area contributed by atoms with Gasteiger partial charge in [-0.15, -0.1) is 0 Å². The molecule has 2 aromatic rings. The minimum absolute atomic E-state index is 0.0344. The maximum atomic E-state index is 14.1. The number of benzene rings is 2. The molecular formula is C21H23ClFNO3. The number of fused-ring (bicyclic) bond motifs is 1. The molecule has 0 aliphatic carbocycles. The van der Waals surface area contributed by atoms with Crippen LogP contribution in [0.1, 0.15) is 24.0 Å². The average molecular weight is 392 g/mol. The van der Waals surface area contributed by atoms with E-state index >= 15 is 0 Å². The quantitative estimate of drug-likeness (QED) is 0.835. The highest BCUT2D eigenvalue weighted by atomic mass is 35.5. The first-order valence-electron chi connectivity index (χ1n) is 9.23. The third-order valence-electron chi connectivity index (χ3n) is 5.53. The molecule has 1 N–H and O–H groups in total. The maximum absolute atomic E-state index is 14.1. The number of ether oxygens (including phenoxy) is 2. The fourth-order valence-corrected chi connectivity index (χ4v) is 4.35. The molecule has 1 atom stereocenters. The van der Waals surface area contributed by atoms with Crippen LogP contribution in [0.5, 0.6) is 11.5 Å². The number of halogens is 2. The molecule has 0 bridgehead atoms. The van der Waals surface area contributed by atoms with Gasteiger partial charge < -0.3 is 14.6 Å². The molecule has 0 radical (unpaired) electrons. The molecule has 0 spiro atoms. The van der Waals surface area contributed by atoms with Crippen molar-refractivity contribution in [1.82, 2.24) is 4.90 Å². The molecule has 2 aliphatic heterocycles. The zero-order valence-corrected chi connectivity index (χ0v) is 15.8. The smallest absolute Gasteiger partial charge is 0.231 e. The zero-order valence-electron chi connectivity index (χ0n) is 15.1. The van der Waals surface area contributed by atoms with Gasteiger partial charge in [-0.2, -0.15) is 0 Å². The topological polar surface area (TPSA) is 41.9 Å². The lowest BCUT2D eigenvalue weighted by molar-refractivity contribution is 0.0283. The molecule has 6 heteroatoms. The molecule has 27 heavy (non-hydrogen) atoms. The lowest BCUT2D eigenvalue weighted by atomic mass is 9.75. The molecule has 0 saturated carbocycles. The van der Waals surface area contributed by atoms with E-state index in [4.69, 9.17) is 21.1 Å². The van der Waals surface area contributed by atoms with Gasteiger partial charge in [0, 0.05) is 29.6 Å². The maximum Gasteiger partial charge on any atom is 0.231 e. The molecule has 2 heterocycles. The number of likely N-dealkylation sites (tertiary alicyclic amines) is 1. The average Bonchev–Trinajstić information content (AvgIpc) is 3.11. The normalized spacial score (nSPS) is 22.2. The van der Waals surface area contributed by atoms with Gasteiger partial charge in [-0.05, 0) is 49.1 Å². The summed E-state index contributed by atoms with van der Waals surface area (Å²) in [7, 11) is 0. The van der Waals surface area contributed by atoms with E-state index in [-0.39, 0.29) is 24.6 Å². The summed E-state index contributed by atoms with van der Waals surface area (Å²) < 4.78 is 25.0. The number of rotatable bonds is 5. The van der Waals surface area contributed by atoms with Crippen LogP contribution in [0.2, 0.25) is 5.02 Å². The molecule has 4 nitrogen and oxygen atoms in total. The van der Waals surface area contributed by atoms with Crippen LogP contribution in [0, 0.1) is 11.2 Å². The van der Waals surface area contributed by atoms with Gasteiger partial charge in [-0.3, -0.25) is 4.90 Å². The van der Waals surface area contributed by atoms with Crippen LogP contribution in [0.4, 0.5) is 4.39 Å². The standard InChI is InChI=1S/C21H23ClFNO3/c22-17-9-20-19(26-14-27-20)8-16(17)11-24-7-3-6-21(12-24,13-25)10-15-4-1-2-5-18(15)23/h1-2,4-5,8-9,25H,3,6-7,10-14H2/t21-/m1/s1. The van der Waals surface area contributed by atoms with Crippen molar-refractivity contribution < 1.29 is 19.0 Å². The monoisotopic (exact) mass is 391 g/mol. The van der Waals surface area contributed by atoms with Gasteiger partial charge in [0.25, 0.3) is 0 Å². The summed E-state index contributed by atoms with van der Waals surface area (Å²) in [5, 5.41) is 10.8. The lowest BCUT2D eigenvalue weighted by Crippen LogP contribution is -2.46. The number of aliphatic hydroxyl groups excluding tert-OH is 1. The zero-order chi connectivity index (χ0) is 18.9. The van der Waals surface area contributed by atoms with Crippen LogP contribution >= 0.6 is 11.6 Å². The van der Waals surface area contributed by atoms with Crippen LogP contribution in [-0.2, 0) is 13.0 Å². The molecule has 2 aromatic carbocycles. The summed E-state index contributed by atoms with van der Waals surface area (Å²) in [6, 6.07) is 10.5. The largest absolute Gasteiger partial charge is 0.454 e. The van der Waals surface area contributed by atoms with Crippen molar-refractivity contribution in [3.8, 4) is 11.5 Å². The van der Waals surface area contributed by atoms with Gasteiger partial charge in [-0.25, -0.2) is 4.39 Å². The summed E-state index contributed by atoms with van der Waals surface area (Å²) in [5.41, 5.74) is 1.29. The van der Waals surface area contributed by atoms with Crippen molar-refractivity contribution in [2.24, 2.45) is 5.41 Å². The highest BCUT2D eigenvalue weighted by Gasteiger charge is 2.36. The summed E-state index contributed by atoms with van der Waals surface area (Å²) >= 11 is 6.42. The van der Waals surface area contributed by atoms with Gasteiger partial charge in [-0.1, -0.05) is 29.8 Å². The molecule has 2 aliphatic rings. The molecule has 0 unspecified atom stereocenters. The molecule has 1 saturated heterocycles. The number of hydrogen-bond acceptors (Lipinski definition) is 4. The van der Waals surface area contributed by atoms with Crippen molar-refractivity contribution in [2.45, 2.75) is 25.8 Å². The predicted molar refractivity (Wildman–Crippen MR) is 102 cm³/mol. The van der Waals surface area contributed by atoms with Crippen molar-refractivity contribution >= 4 is 11.6 Å². The number of nitrogens with zero attached hydrogens (tertiary/aromatic N) is 1. The first-order valence-corrected chi connectivity index (χ1v) is 9.61. The number of hydrogen-bond donors (Lipinski definition) is 1. The molecule has 144 valence electrons.